The van der Waals surface area contributed by atoms with E-state index in [4.69, 9.17) is 9.47 Å². The number of hydrazine groups is 1. The van der Waals surface area contributed by atoms with Crippen molar-refractivity contribution in [2.75, 3.05) is 27.3 Å². The van der Waals surface area contributed by atoms with Crippen LogP contribution < -0.4 is 10.7 Å². The molecule has 2 N–H and O–H groups in total. The van der Waals surface area contributed by atoms with Crippen molar-refractivity contribution in [3.8, 4) is 0 Å². The number of ether oxygens (including phenoxy) is 2. The first-order valence-electron chi connectivity index (χ1n) is 6.00. The molecule has 5 nitrogen and oxygen atoms in total. The molecule has 5 heteroatoms. The Labute approximate surface area is 98.4 Å². The highest BCUT2D eigenvalue weighted by molar-refractivity contribution is 4.87. The molecule has 1 heterocycles. The Bertz CT molecular complexity index is 207. The lowest BCUT2D eigenvalue weighted by atomic mass is 10.1. The number of nitrogens with one attached hydrogen (secondary N) is 2. The predicted molar refractivity (Wildman–Crippen MR) is 63.8 cm³/mol. The molecule has 0 radical (unpaired) electrons. The third-order valence-corrected chi connectivity index (χ3v) is 2.93. The number of hydrogen-bond donors (Lipinski definition) is 2. The van der Waals surface area contributed by atoms with E-state index in [0.29, 0.717) is 6.04 Å². The molecule has 2 unspecified atom stereocenters. The maximum Gasteiger partial charge on any atom is 0.216 e. The Kier molecular flexibility index (Phi) is 5.14. The Hall–Kier alpha value is -0.200. The minimum atomic E-state index is -0.572. The molecule has 1 aliphatic heterocycles. The summed E-state index contributed by atoms with van der Waals surface area (Å²) in [7, 11) is 3.61. The minimum absolute atomic E-state index is 0.0301. The fourth-order valence-electron chi connectivity index (χ4n) is 2.25. The average molecular weight is 231 g/mol. The first-order chi connectivity index (χ1) is 7.60. The molecule has 0 aliphatic carbocycles. The van der Waals surface area contributed by atoms with Crippen LogP contribution in [-0.4, -0.2) is 50.3 Å². The van der Waals surface area contributed by atoms with Crippen molar-refractivity contribution in [2.45, 2.75) is 45.2 Å². The first kappa shape index (κ1) is 13.9. The summed E-state index contributed by atoms with van der Waals surface area (Å²) < 4.78 is 11.4. The second-order valence-corrected chi connectivity index (χ2v) is 4.35. The highest BCUT2D eigenvalue weighted by Crippen LogP contribution is 2.25. The van der Waals surface area contributed by atoms with Gasteiger partial charge in [0, 0.05) is 19.7 Å². The Morgan fingerprint density at radius 3 is 2.69 bits per heavy atom. The Morgan fingerprint density at radius 2 is 2.25 bits per heavy atom. The van der Waals surface area contributed by atoms with Gasteiger partial charge >= 0.3 is 0 Å². The van der Waals surface area contributed by atoms with Gasteiger partial charge in [-0.05, 0) is 27.3 Å². The number of nitrogens with zero attached hydrogens (tertiary/aromatic N) is 1. The molecule has 2 atom stereocenters. The number of rotatable bonds is 5. The standard InChI is InChI=1S/C11H25N3O2/c1-6-10-11(12-4,15-5)14(7-8-16-10)13-9(2)3/h9-10,12-13H,6-8H2,1-5H3. The van der Waals surface area contributed by atoms with Crippen LogP contribution >= 0.6 is 0 Å². The van der Waals surface area contributed by atoms with Crippen molar-refractivity contribution in [1.82, 2.24) is 15.8 Å². The van der Waals surface area contributed by atoms with Crippen molar-refractivity contribution in [3.05, 3.63) is 0 Å². The van der Waals surface area contributed by atoms with Crippen LogP contribution in [0.1, 0.15) is 27.2 Å². The zero-order valence-electron chi connectivity index (χ0n) is 11.0. The quantitative estimate of drug-likeness (QED) is 0.676. The molecule has 0 spiro atoms. The second kappa shape index (κ2) is 5.93. The molecule has 0 aromatic carbocycles. The molecule has 0 amide bonds. The van der Waals surface area contributed by atoms with E-state index >= 15 is 0 Å². The van der Waals surface area contributed by atoms with Crippen LogP contribution in [0.15, 0.2) is 0 Å². The van der Waals surface area contributed by atoms with Gasteiger partial charge in [0.1, 0.15) is 6.10 Å². The fourth-order valence-corrected chi connectivity index (χ4v) is 2.25. The van der Waals surface area contributed by atoms with E-state index in [1.165, 1.54) is 0 Å². The molecule has 96 valence electrons. The summed E-state index contributed by atoms with van der Waals surface area (Å²) >= 11 is 0. The van der Waals surface area contributed by atoms with Gasteiger partial charge in [-0.2, -0.15) is 5.01 Å². The van der Waals surface area contributed by atoms with Crippen LogP contribution in [0.4, 0.5) is 0 Å². The number of likely N-dealkylation sites (N-methyl/N-ethyl adjacent to an activating group) is 1. The van der Waals surface area contributed by atoms with E-state index in [0.717, 1.165) is 19.6 Å². The molecule has 16 heavy (non-hydrogen) atoms. The van der Waals surface area contributed by atoms with Gasteiger partial charge in [-0.25, -0.2) is 5.43 Å². The number of morpholine rings is 1. The first-order valence-corrected chi connectivity index (χ1v) is 6.00. The summed E-state index contributed by atoms with van der Waals surface area (Å²) in [5, 5.41) is 5.35. The van der Waals surface area contributed by atoms with Crippen molar-refractivity contribution in [2.24, 2.45) is 0 Å². The van der Waals surface area contributed by atoms with Crippen molar-refractivity contribution < 1.29 is 9.47 Å². The molecule has 0 bridgehead atoms. The summed E-state index contributed by atoms with van der Waals surface area (Å²) in [6.45, 7) is 7.88. The van der Waals surface area contributed by atoms with Crippen LogP contribution in [0.2, 0.25) is 0 Å². The van der Waals surface area contributed by atoms with Gasteiger partial charge < -0.3 is 9.47 Å². The van der Waals surface area contributed by atoms with E-state index in [1.807, 2.05) is 7.05 Å². The lowest BCUT2D eigenvalue weighted by molar-refractivity contribution is -0.278. The monoisotopic (exact) mass is 231 g/mol. The van der Waals surface area contributed by atoms with Gasteiger partial charge in [-0.1, -0.05) is 6.92 Å². The SMILES string of the molecule is CCC1OCCN(NC(C)C)C1(NC)OC. The maximum absolute atomic E-state index is 5.77. The van der Waals surface area contributed by atoms with Gasteiger partial charge in [-0.15, -0.1) is 0 Å². The zero-order chi connectivity index (χ0) is 12.2. The number of methoxy groups -OCH3 is 1. The second-order valence-electron chi connectivity index (χ2n) is 4.35. The summed E-state index contributed by atoms with van der Waals surface area (Å²) in [6.07, 6.45) is 0.938. The van der Waals surface area contributed by atoms with Crippen molar-refractivity contribution >= 4 is 0 Å². The summed E-state index contributed by atoms with van der Waals surface area (Å²) in [6, 6.07) is 0.374. The Balaban J connectivity index is 2.86. The summed E-state index contributed by atoms with van der Waals surface area (Å²) in [5.74, 6) is -0.572. The summed E-state index contributed by atoms with van der Waals surface area (Å²) in [4.78, 5) is 0. The largest absolute Gasteiger partial charge is 0.371 e. The van der Waals surface area contributed by atoms with Crippen molar-refractivity contribution in [3.63, 3.8) is 0 Å². The highest BCUT2D eigenvalue weighted by atomic mass is 16.6. The third kappa shape index (κ3) is 2.55. The molecule has 0 saturated carbocycles. The van der Waals surface area contributed by atoms with Crippen LogP contribution in [-0.2, 0) is 9.47 Å². The Morgan fingerprint density at radius 1 is 1.56 bits per heavy atom. The van der Waals surface area contributed by atoms with Crippen LogP contribution in [0, 0.1) is 0 Å². The van der Waals surface area contributed by atoms with Crippen LogP contribution in [0.25, 0.3) is 0 Å². The van der Waals surface area contributed by atoms with E-state index in [2.05, 4.69) is 36.5 Å². The zero-order valence-corrected chi connectivity index (χ0v) is 11.0. The molecular weight excluding hydrogens is 206 g/mol. The van der Waals surface area contributed by atoms with Crippen molar-refractivity contribution in [1.29, 1.82) is 0 Å². The average Bonchev–Trinajstić information content (AvgIpc) is 2.28. The van der Waals surface area contributed by atoms with E-state index in [-0.39, 0.29) is 6.10 Å². The van der Waals surface area contributed by atoms with Gasteiger partial charge in [0.2, 0.25) is 5.85 Å². The van der Waals surface area contributed by atoms with E-state index in [1.54, 1.807) is 7.11 Å². The van der Waals surface area contributed by atoms with Crippen LogP contribution in [0.3, 0.4) is 0 Å². The molecule has 1 aliphatic rings. The predicted octanol–water partition coefficient (Wildman–Crippen LogP) is 0.530. The topological polar surface area (TPSA) is 45.8 Å². The number of hydrogen-bond acceptors (Lipinski definition) is 5. The van der Waals surface area contributed by atoms with E-state index in [9.17, 15) is 0 Å². The molecule has 0 aromatic rings. The van der Waals surface area contributed by atoms with Gasteiger partial charge in [0.25, 0.3) is 0 Å². The highest BCUT2D eigenvalue weighted by Gasteiger charge is 2.46. The molecule has 1 saturated heterocycles. The third-order valence-electron chi connectivity index (χ3n) is 2.93. The normalized spacial score (nSPS) is 32.2. The minimum Gasteiger partial charge on any atom is -0.371 e. The smallest absolute Gasteiger partial charge is 0.216 e. The summed E-state index contributed by atoms with van der Waals surface area (Å²) in [5.41, 5.74) is 3.40. The molecule has 1 fully saturated rings. The van der Waals surface area contributed by atoms with Gasteiger partial charge in [0.05, 0.1) is 6.61 Å². The lowest BCUT2D eigenvalue weighted by Crippen LogP contribution is -2.73. The van der Waals surface area contributed by atoms with Gasteiger partial charge in [0.15, 0.2) is 0 Å². The molecule has 0 aromatic heterocycles. The molecular formula is C11H25N3O2. The maximum atomic E-state index is 5.77. The molecule has 1 rings (SSSR count). The van der Waals surface area contributed by atoms with Crippen LogP contribution in [0.5, 0.6) is 0 Å². The van der Waals surface area contributed by atoms with Gasteiger partial charge in [-0.3, -0.25) is 5.32 Å². The fraction of sp³-hybridized carbons (Fsp3) is 1.00. The lowest BCUT2D eigenvalue weighted by Gasteiger charge is -2.50. The van der Waals surface area contributed by atoms with E-state index < -0.39 is 5.85 Å².